The van der Waals surface area contributed by atoms with Crippen LogP contribution in [0.4, 0.5) is 0 Å². The van der Waals surface area contributed by atoms with Crippen molar-refractivity contribution in [2.75, 3.05) is 19.4 Å². The molecule has 1 fully saturated rings. The highest BCUT2D eigenvalue weighted by molar-refractivity contribution is 7.92. The summed E-state index contributed by atoms with van der Waals surface area (Å²) in [6, 6.07) is 1.94. The molecule has 0 saturated carbocycles. The van der Waals surface area contributed by atoms with Crippen molar-refractivity contribution in [3.63, 3.8) is 0 Å². The first kappa shape index (κ1) is 25.9. The highest BCUT2D eigenvalue weighted by Crippen LogP contribution is 2.32. The summed E-state index contributed by atoms with van der Waals surface area (Å²) in [6.07, 6.45) is 2.87. The maximum Gasteiger partial charge on any atom is 0.264 e. The molecule has 1 aromatic rings. The van der Waals surface area contributed by atoms with E-state index in [2.05, 4.69) is 36.6 Å². The number of sulfone groups is 1. The third kappa shape index (κ3) is 6.25. The molecule has 8 nitrogen and oxygen atoms in total. The minimum atomic E-state index is -3.79. The molecule has 0 aromatic carbocycles. The molecule has 2 unspecified atom stereocenters. The van der Waals surface area contributed by atoms with Gasteiger partial charge in [0.1, 0.15) is 8.07 Å². The number of amides is 2. The maximum absolute atomic E-state index is 12.9. The lowest BCUT2D eigenvalue weighted by atomic mass is 10.1. The Morgan fingerprint density at radius 1 is 1.39 bits per heavy atom. The van der Waals surface area contributed by atoms with Crippen molar-refractivity contribution in [1.29, 1.82) is 0 Å². The molecule has 2 amide bonds. The van der Waals surface area contributed by atoms with Gasteiger partial charge in [0.2, 0.25) is 0 Å². The van der Waals surface area contributed by atoms with E-state index in [1.165, 1.54) is 18.3 Å². The normalized spacial score (nSPS) is 20.6. The Morgan fingerprint density at radius 2 is 2.12 bits per heavy atom. The number of hydroxylamine groups is 1. The van der Waals surface area contributed by atoms with Crippen molar-refractivity contribution in [3.8, 4) is 11.5 Å². The first-order valence-corrected chi connectivity index (χ1v) is 17.2. The topological polar surface area (TPSA) is 102 Å². The molecule has 0 aliphatic carbocycles. The second kappa shape index (κ2) is 9.88. The molecule has 2 aliphatic heterocycles. The van der Waals surface area contributed by atoms with Crippen molar-refractivity contribution in [2.45, 2.75) is 69.8 Å². The summed E-state index contributed by atoms with van der Waals surface area (Å²) in [5.74, 6) is 2.27. The van der Waals surface area contributed by atoms with Gasteiger partial charge >= 0.3 is 0 Å². The van der Waals surface area contributed by atoms with E-state index in [-0.39, 0.29) is 18.9 Å². The number of hydrogen-bond donors (Lipinski definition) is 1. The van der Waals surface area contributed by atoms with E-state index in [4.69, 9.17) is 9.57 Å². The number of thiophene rings is 1. The van der Waals surface area contributed by atoms with Crippen LogP contribution in [-0.4, -0.2) is 63.7 Å². The predicted molar refractivity (Wildman–Crippen MR) is 130 cm³/mol. The summed E-state index contributed by atoms with van der Waals surface area (Å²) in [5, 5.41) is 0. The number of nitrogens with zero attached hydrogens (tertiary/aromatic N) is 1. The number of ether oxygens (including phenoxy) is 1. The molecule has 33 heavy (non-hydrogen) atoms. The van der Waals surface area contributed by atoms with Gasteiger partial charge in [-0.25, -0.2) is 18.7 Å². The molecule has 3 heterocycles. The fourth-order valence-electron chi connectivity index (χ4n) is 3.49. The third-order valence-corrected chi connectivity index (χ3v) is 9.77. The Kier molecular flexibility index (Phi) is 7.75. The van der Waals surface area contributed by atoms with Gasteiger partial charge in [-0.1, -0.05) is 25.6 Å². The van der Waals surface area contributed by atoms with Crippen molar-refractivity contribution in [3.05, 3.63) is 21.4 Å². The zero-order valence-electron chi connectivity index (χ0n) is 19.8. The van der Waals surface area contributed by atoms with Crippen LogP contribution in [0.25, 0.3) is 0 Å². The Morgan fingerprint density at radius 3 is 2.70 bits per heavy atom. The van der Waals surface area contributed by atoms with Gasteiger partial charge in [0.05, 0.1) is 9.75 Å². The van der Waals surface area contributed by atoms with Crippen molar-refractivity contribution in [2.24, 2.45) is 0 Å². The minimum Gasteiger partial charge on any atom is -0.350 e. The molecule has 1 N–H and O–H groups in total. The zero-order chi connectivity index (χ0) is 24.4. The van der Waals surface area contributed by atoms with Crippen molar-refractivity contribution >= 4 is 41.1 Å². The highest BCUT2D eigenvalue weighted by Gasteiger charge is 2.45. The third-order valence-electron chi connectivity index (χ3n) is 5.79. The lowest BCUT2D eigenvalue weighted by molar-refractivity contribution is -0.201. The van der Waals surface area contributed by atoms with Crippen LogP contribution < -0.4 is 5.48 Å². The molecule has 1 aromatic heterocycles. The summed E-state index contributed by atoms with van der Waals surface area (Å²) in [7, 11) is -5.30. The lowest BCUT2D eigenvalue weighted by Gasteiger charge is -2.29. The van der Waals surface area contributed by atoms with Gasteiger partial charge < -0.3 is 9.64 Å². The van der Waals surface area contributed by atoms with Crippen LogP contribution in [0.3, 0.4) is 0 Å². The van der Waals surface area contributed by atoms with Gasteiger partial charge in [-0.05, 0) is 37.8 Å². The Bertz CT molecular complexity index is 1080. The molecule has 1 saturated heterocycles. The average molecular weight is 513 g/mol. The van der Waals surface area contributed by atoms with Crippen molar-refractivity contribution in [1.82, 2.24) is 10.4 Å². The molecular formula is C22H32N2O6S2Si. The molecular weight excluding hydrogens is 480 g/mol. The fourth-order valence-corrected chi connectivity index (χ4v) is 5.92. The first-order valence-electron chi connectivity index (χ1n) is 11.0. The van der Waals surface area contributed by atoms with Gasteiger partial charge in [-0.2, -0.15) is 0 Å². The van der Waals surface area contributed by atoms with Crippen LogP contribution in [0.2, 0.25) is 19.6 Å². The Hall–Kier alpha value is -1.71. The van der Waals surface area contributed by atoms with Crippen LogP contribution in [0.1, 0.15) is 52.7 Å². The van der Waals surface area contributed by atoms with E-state index in [0.717, 1.165) is 29.5 Å². The van der Waals surface area contributed by atoms with Crippen molar-refractivity contribution < 1.29 is 27.6 Å². The average Bonchev–Trinajstić information content (AvgIpc) is 3.26. The van der Waals surface area contributed by atoms with E-state index in [0.29, 0.717) is 24.4 Å². The number of rotatable bonds is 7. The summed E-state index contributed by atoms with van der Waals surface area (Å²) >= 11 is 1.37. The number of carbonyl (C=O) groups excluding carboxylic acids is 2. The first-order chi connectivity index (χ1) is 15.3. The second-order valence-corrected chi connectivity index (χ2v) is 18.0. The highest BCUT2D eigenvalue weighted by atomic mass is 32.2. The van der Waals surface area contributed by atoms with E-state index < -0.39 is 34.9 Å². The van der Waals surface area contributed by atoms with Gasteiger partial charge in [-0.3, -0.25) is 9.59 Å². The number of fused-ring (bicyclic) bond motifs is 1. The molecule has 2 aliphatic rings. The monoisotopic (exact) mass is 512 g/mol. The van der Waals surface area contributed by atoms with Crippen LogP contribution in [0, 0.1) is 11.5 Å². The molecule has 0 radical (unpaired) electrons. The summed E-state index contributed by atoms with van der Waals surface area (Å²) in [4.78, 5) is 34.1. The number of hydrogen-bond acceptors (Lipinski definition) is 7. The van der Waals surface area contributed by atoms with E-state index in [9.17, 15) is 18.0 Å². The van der Waals surface area contributed by atoms with Crippen LogP contribution in [-0.2, 0) is 30.8 Å². The molecule has 0 spiro atoms. The predicted octanol–water partition coefficient (Wildman–Crippen LogP) is 2.70. The van der Waals surface area contributed by atoms with E-state index >= 15 is 0 Å². The Labute approximate surface area is 200 Å². The summed E-state index contributed by atoms with van der Waals surface area (Å²) in [6.45, 7) is 8.91. The smallest absolute Gasteiger partial charge is 0.264 e. The molecule has 11 heteroatoms. The number of nitrogens with one attached hydrogen (secondary N) is 1. The summed E-state index contributed by atoms with van der Waals surface area (Å²) in [5.41, 5.74) is 6.48. The van der Waals surface area contributed by atoms with E-state index in [1.54, 1.807) is 4.90 Å². The fraction of sp³-hybridized carbons (Fsp3) is 0.636. The largest absolute Gasteiger partial charge is 0.350 e. The van der Waals surface area contributed by atoms with Gasteiger partial charge in [-0.15, -0.1) is 16.9 Å². The quantitative estimate of drug-likeness (QED) is 0.342. The molecule has 2 atom stereocenters. The van der Waals surface area contributed by atoms with Crippen LogP contribution >= 0.6 is 11.3 Å². The zero-order valence-corrected chi connectivity index (χ0v) is 22.5. The van der Waals surface area contributed by atoms with Gasteiger partial charge in [0.15, 0.2) is 20.9 Å². The van der Waals surface area contributed by atoms with Gasteiger partial charge in [0.25, 0.3) is 11.8 Å². The van der Waals surface area contributed by atoms with Crippen LogP contribution in [0.5, 0.6) is 0 Å². The lowest BCUT2D eigenvalue weighted by Crippen LogP contribution is -2.52. The summed E-state index contributed by atoms with van der Waals surface area (Å²) < 4.78 is 28.7. The maximum atomic E-state index is 12.9. The van der Waals surface area contributed by atoms with Crippen LogP contribution in [0.15, 0.2) is 6.07 Å². The molecule has 0 bridgehead atoms. The SMILES string of the molecule is CC(CCN1Cc2cc(C#C[Si](C)(C)C)sc2C1=O)(C(=O)NOC1CCCCO1)S(C)(=O)=O. The van der Waals surface area contributed by atoms with E-state index in [1.807, 2.05) is 6.07 Å². The second-order valence-electron chi connectivity index (χ2n) is 9.79. The molecule has 3 rings (SSSR count). The molecule has 182 valence electrons. The number of carbonyl (C=O) groups is 2. The standard InChI is InChI=1S/C22H32N2O6S2Si/c1-22(32(2,27)28,21(26)23-30-18-8-6-7-12-29-18)10-11-24-15-16-14-17(9-13-33(3,4)5)31-19(16)20(24)25/h14,18H,6-8,10-12,15H2,1-5H3,(H,23,26). The van der Waals surface area contributed by atoms with Gasteiger partial charge in [0, 0.05) is 32.4 Å². The minimum absolute atomic E-state index is 0.0461. The Balaban J connectivity index is 1.64.